The number of hydrogen-bond donors (Lipinski definition) is 3. The van der Waals surface area contributed by atoms with Crippen LogP contribution in [-0.2, 0) is 16.0 Å². The van der Waals surface area contributed by atoms with E-state index >= 15 is 0 Å². The number of hydrazine groups is 1. The van der Waals surface area contributed by atoms with Crippen molar-refractivity contribution in [1.82, 2.24) is 10.9 Å². The lowest BCUT2D eigenvalue weighted by molar-refractivity contribution is -0.124. The van der Waals surface area contributed by atoms with Crippen LogP contribution in [0, 0.1) is 5.92 Å². The Hall–Kier alpha value is -2.86. The molecule has 0 fully saturated rings. The molecule has 0 spiro atoms. The summed E-state index contributed by atoms with van der Waals surface area (Å²) >= 11 is 0. The molecule has 2 aromatic carbocycles. The molecule has 1 atom stereocenters. The third kappa shape index (κ3) is 6.70. The van der Waals surface area contributed by atoms with Gasteiger partial charge in [0.1, 0.15) is 11.8 Å². The number of hydrogen-bond acceptors (Lipinski definition) is 4. The fraction of sp³-hybridized carbons (Fsp3) is 0.364. The molecular formula is C22H29N3O3. The van der Waals surface area contributed by atoms with Gasteiger partial charge in [-0.25, -0.2) is 5.43 Å². The summed E-state index contributed by atoms with van der Waals surface area (Å²) in [6, 6.07) is 15.4. The van der Waals surface area contributed by atoms with Crippen LogP contribution in [0.1, 0.15) is 32.3 Å². The maximum atomic E-state index is 12.0. The number of aryl methyl sites for hydroxylation is 1. The number of methoxy groups -OCH3 is 1. The van der Waals surface area contributed by atoms with Crippen LogP contribution in [0.2, 0.25) is 0 Å². The number of carbonyl (C=O) groups is 2. The molecule has 0 aliphatic heterocycles. The van der Waals surface area contributed by atoms with Gasteiger partial charge in [-0.15, -0.1) is 0 Å². The topological polar surface area (TPSA) is 93.4 Å². The molecular weight excluding hydrogens is 354 g/mol. The van der Waals surface area contributed by atoms with Gasteiger partial charge in [-0.2, -0.15) is 0 Å². The average Bonchev–Trinajstić information content (AvgIpc) is 2.69. The highest BCUT2D eigenvalue weighted by atomic mass is 16.5. The Morgan fingerprint density at radius 3 is 2.39 bits per heavy atom. The number of ether oxygens (including phenoxy) is 1. The Bertz CT molecular complexity index is 788. The van der Waals surface area contributed by atoms with E-state index in [1.807, 2.05) is 62.4 Å². The zero-order chi connectivity index (χ0) is 20.5. The molecule has 6 heteroatoms. The molecule has 6 nitrogen and oxygen atoms in total. The molecule has 0 aliphatic carbocycles. The molecule has 0 bridgehead atoms. The van der Waals surface area contributed by atoms with Gasteiger partial charge < -0.3 is 10.5 Å². The molecule has 4 N–H and O–H groups in total. The van der Waals surface area contributed by atoms with E-state index in [0.29, 0.717) is 25.2 Å². The fourth-order valence-electron chi connectivity index (χ4n) is 2.87. The van der Waals surface area contributed by atoms with Crippen LogP contribution in [0.3, 0.4) is 0 Å². The number of nitrogens with one attached hydrogen (secondary N) is 2. The van der Waals surface area contributed by atoms with Gasteiger partial charge in [0, 0.05) is 6.42 Å². The Kier molecular flexibility index (Phi) is 8.02. The zero-order valence-electron chi connectivity index (χ0n) is 16.7. The van der Waals surface area contributed by atoms with Crippen molar-refractivity contribution in [2.45, 2.75) is 39.2 Å². The second-order valence-electron chi connectivity index (χ2n) is 7.21. The summed E-state index contributed by atoms with van der Waals surface area (Å²) in [5.74, 6) is 0.469. The van der Waals surface area contributed by atoms with Crippen LogP contribution in [0.4, 0.5) is 0 Å². The highest BCUT2D eigenvalue weighted by molar-refractivity contribution is 5.81. The third-order valence-electron chi connectivity index (χ3n) is 4.43. The first-order valence-corrected chi connectivity index (χ1v) is 9.46. The minimum atomic E-state index is -0.564. The Morgan fingerprint density at radius 2 is 1.79 bits per heavy atom. The van der Waals surface area contributed by atoms with E-state index in [4.69, 9.17) is 10.5 Å². The number of nitrogens with two attached hydrogens (primary N) is 1. The van der Waals surface area contributed by atoms with Gasteiger partial charge in [0.15, 0.2) is 0 Å². The van der Waals surface area contributed by atoms with E-state index in [0.717, 1.165) is 22.4 Å². The van der Waals surface area contributed by atoms with Gasteiger partial charge in [-0.05, 0) is 47.6 Å². The van der Waals surface area contributed by atoms with Gasteiger partial charge in [-0.1, -0.05) is 50.2 Å². The third-order valence-corrected chi connectivity index (χ3v) is 4.43. The second kappa shape index (κ2) is 10.5. The molecule has 0 aromatic heterocycles. The molecule has 150 valence electrons. The van der Waals surface area contributed by atoms with Gasteiger partial charge in [0.25, 0.3) is 0 Å². The molecule has 0 aliphatic rings. The summed E-state index contributed by atoms with van der Waals surface area (Å²) in [6.45, 7) is 3.99. The molecule has 0 radical (unpaired) electrons. The number of primary amides is 1. The molecule has 0 unspecified atom stereocenters. The van der Waals surface area contributed by atoms with Crippen molar-refractivity contribution >= 4 is 11.8 Å². The molecule has 28 heavy (non-hydrogen) atoms. The Morgan fingerprint density at radius 1 is 1.07 bits per heavy atom. The molecule has 0 saturated carbocycles. The average molecular weight is 383 g/mol. The standard InChI is InChI=1S/C22H29N3O3/c1-15(2)13-20(22(23)27)24-25-21(26)12-9-16-7-10-17(11-8-16)18-5-4-6-19(14-18)28-3/h4-8,10-11,14-15,20,24H,9,12-13H2,1-3H3,(H2,23,27)(H,25,26)/t20-/m1/s1. The van der Waals surface area contributed by atoms with Crippen molar-refractivity contribution in [2.75, 3.05) is 7.11 Å². The van der Waals surface area contributed by atoms with E-state index in [9.17, 15) is 9.59 Å². The van der Waals surface area contributed by atoms with E-state index in [2.05, 4.69) is 10.9 Å². The largest absolute Gasteiger partial charge is 0.497 e. The van der Waals surface area contributed by atoms with E-state index in [-0.39, 0.29) is 5.91 Å². The summed E-state index contributed by atoms with van der Waals surface area (Å²) in [4.78, 5) is 23.5. The number of benzene rings is 2. The summed E-state index contributed by atoms with van der Waals surface area (Å²) in [6.07, 6.45) is 1.50. The molecule has 2 aromatic rings. The van der Waals surface area contributed by atoms with E-state index in [1.165, 1.54) is 0 Å². The highest BCUT2D eigenvalue weighted by Gasteiger charge is 2.17. The van der Waals surface area contributed by atoms with Crippen LogP contribution >= 0.6 is 0 Å². The zero-order valence-corrected chi connectivity index (χ0v) is 16.7. The Balaban J connectivity index is 1.85. The minimum Gasteiger partial charge on any atom is -0.497 e. The fourth-order valence-corrected chi connectivity index (χ4v) is 2.87. The smallest absolute Gasteiger partial charge is 0.236 e. The molecule has 2 amide bonds. The van der Waals surface area contributed by atoms with E-state index < -0.39 is 11.9 Å². The summed E-state index contributed by atoms with van der Waals surface area (Å²) in [5, 5.41) is 0. The van der Waals surface area contributed by atoms with E-state index in [1.54, 1.807) is 7.11 Å². The first-order valence-electron chi connectivity index (χ1n) is 9.46. The van der Waals surface area contributed by atoms with Gasteiger partial charge in [0.05, 0.1) is 7.11 Å². The summed E-state index contributed by atoms with van der Waals surface area (Å²) in [7, 11) is 1.65. The minimum absolute atomic E-state index is 0.174. The molecule has 0 saturated heterocycles. The summed E-state index contributed by atoms with van der Waals surface area (Å²) in [5.41, 5.74) is 13.9. The lowest BCUT2D eigenvalue weighted by Crippen LogP contribution is -2.51. The quantitative estimate of drug-likeness (QED) is 0.550. The van der Waals surface area contributed by atoms with Crippen molar-refractivity contribution in [3.63, 3.8) is 0 Å². The van der Waals surface area contributed by atoms with Gasteiger partial charge >= 0.3 is 0 Å². The number of rotatable bonds is 10. The predicted octanol–water partition coefficient (Wildman–Crippen LogP) is 2.82. The molecule has 2 rings (SSSR count). The predicted molar refractivity (Wildman–Crippen MR) is 110 cm³/mol. The monoisotopic (exact) mass is 383 g/mol. The highest BCUT2D eigenvalue weighted by Crippen LogP contribution is 2.24. The maximum Gasteiger partial charge on any atom is 0.236 e. The van der Waals surface area contributed by atoms with Gasteiger partial charge in [0.2, 0.25) is 11.8 Å². The number of carbonyl (C=O) groups excluding carboxylic acids is 2. The normalized spacial score (nSPS) is 11.9. The van der Waals surface area contributed by atoms with Crippen molar-refractivity contribution in [1.29, 1.82) is 0 Å². The summed E-state index contributed by atoms with van der Waals surface area (Å²) < 4.78 is 5.26. The van der Waals surface area contributed by atoms with Crippen molar-refractivity contribution in [3.8, 4) is 16.9 Å². The maximum absolute atomic E-state index is 12.0. The second-order valence-corrected chi connectivity index (χ2v) is 7.21. The lowest BCUT2D eigenvalue weighted by Gasteiger charge is -2.17. The SMILES string of the molecule is COc1cccc(-c2ccc(CCC(=O)NN[C@H](CC(C)C)C(N)=O)cc2)c1. The van der Waals surface area contributed by atoms with Gasteiger partial charge in [-0.3, -0.25) is 15.0 Å². The van der Waals surface area contributed by atoms with Crippen LogP contribution in [0.5, 0.6) is 5.75 Å². The first kappa shape index (κ1) is 21.4. The van der Waals surface area contributed by atoms with Crippen LogP contribution in [0.15, 0.2) is 48.5 Å². The van der Waals surface area contributed by atoms with Crippen LogP contribution < -0.4 is 21.3 Å². The van der Waals surface area contributed by atoms with Crippen LogP contribution in [-0.4, -0.2) is 25.0 Å². The number of amides is 2. The van der Waals surface area contributed by atoms with Crippen molar-refractivity contribution < 1.29 is 14.3 Å². The van der Waals surface area contributed by atoms with Crippen molar-refractivity contribution in [2.24, 2.45) is 11.7 Å². The first-order chi connectivity index (χ1) is 13.4. The molecule has 0 heterocycles. The van der Waals surface area contributed by atoms with Crippen LogP contribution in [0.25, 0.3) is 11.1 Å². The Labute approximate surface area is 166 Å². The lowest BCUT2D eigenvalue weighted by atomic mass is 10.0. The van der Waals surface area contributed by atoms with Crippen molar-refractivity contribution in [3.05, 3.63) is 54.1 Å².